The Morgan fingerprint density at radius 2 is 2.25 bits per heavy atom. The van der Waals surface area contributed by atoms with Crippen molar-refractivity contribution in [2.45, 2.75) is 26.4 Å². The molecule has 0 saturated carbocycles. The zero-order valence-electron chi connectivity index (χ0n) is 9.17. The van der Waals surface area contributed by atoms with E-state index in [2.05, 4.69) is 22.0 Å². The minimum atomic E-state index is -0.917. The number of nitrogens with zero attached hydrogens (tertiary/aromatic N) is 1. The molecule has 1 aromatic rings. The number of hydrogen-bond donors (Lipinski definition) is 1. The summed E-state index contributed by atoms with van der Waals surface area (Å²) in [5, 5.41) is 19.1. The van der Waals surface area contributed by atoms with Crippen LogP contribution in [0.15, 0.2) is 22.7 Å². The molecule has 86 valence electrons. The van der Waals surface area contributed by atoms with Crippen molar-refractivity contribution in [1.82, 2.24) is 0 Å². The summed E-state index contributed by atoms with van der Waals surface area (Å²) >= 11 is 3.06. The molecule has 0 saturated heterocycles. The Kier molecular flexibility index (Phi) is 4.06. The molecule has 4 heteroatoms. The summed E-state index contributed by atoms with van der Waals surface area (Å²) in [4.78, 5) is 0. The minimum absolute atomic E-state index is 0.292. The van der Waals surface area contributed by atoms with Gasteiger partial charge in [0.2, 0.25) is 0 Å². The van der Waals surface area contributed by atoms with E-state index in [0.717, 1.165) is 0 Å². The summed E-state index contributed by atoms with van der Waals surface area (Å²) in [5.41, 5.74) is -0.309. The molecule has 0 aliphatic heterocycles. The molecule has 2 nitrogen and oxygen atoms in total. The maximum absolute atomic E-state index is 13.0. The Labute approximate surface area is 103 Å². The summed E-state index contributed by atoms with van der Waals surface area (Å²) in [6, 6.07) is 6.38. The van der Waals surface area contributed by atoms with Gasteiger partial charge in [0, 0.05) is 0 Å². The smallest absolute Gasteiger partial charge is 0.137 e. The molecule has 1 aromatic carbocycles. The van der Waals surface area contributed by atoms with Gasteiger partial charge < -0.3 is 5.11 Å². The monoisotopic (exact) mass is 285 g/mol. The highest BCUT2D eigenvalue weighted by molar-refractivity contribution is 9.10. The Morgan fingerprint density at radius 1 is 1.62 bits per heavy atom. The summed E-state index contributed by atoms with van der Waals surface area (Å²) in [7, 11) is 0. The molecule has 1 N–H and O–H groups in total. The first-order chi connectivity index (χ1) is 7.44. The SMILES string of the molecule is CCC(C)(C#N)C(O)c1ccc(F)c(Br)c1. The van der Waals surface area contributed by atoms with Crippen LogP contribution < -0.4 is 0 Å². The number of nitriles is 1. The third kappa shape index (κ3) is 2.42. The van der Waals surface area contributed by atoms with E-state index >= 15 is 0 Å². The van der Waals surface area contributed by atoms with Gasteiger partial charge in [-0.3, -0.25) is 0 Å². The van der Waals surface area contributed by atoms with Crippen LogP contribution >= 0.6 is 15.9 Å². The minimum Gasteiger partial charge on any atom is -0.387 e. The third-order valence-electron chi connectivity index (χ3n) is 2.85. The molecule has 0 aromatic heterocycles. The van der Waals surface area contributed by atoms with E-state index in [4.69, 9.17) is 5.26 Å². The average Bonchev–Trinajstić information content (AvgIpc) is 2.30. The number of hydrogen-bond acceptors (Lipinski definition) is 2. The lowest BCUT2D eigenvalue weighted by Gasteiger charge is -2.26. The van der Waals surface area contributed by atoms with Gasteiger partial charge in [-0.15, -0.1) is 0 Å². The van der Waals surface area contributed by atoms with Crippen molar-refractivity contribution in [2.75, 3.05) is 0 Å². The van der Waals surface area contributed by atoms with Crippen molar-refractivity contribution in [2.24, 2.45) is 5.41 Å². The molecule has 0 spiro atoms. The van der Waals surface area contributed by atoms with E-state index in [1.165, 1.54) is 18.2 Å². The van der Waals surface area contributed by atoms with Gasteiger partial charge in [0.1, 0.15) is 5.82 Å². The topological polar surface area (TPSA) is 44.0 Å². The van der Waals surface area contributed by atoms with Crippen LogP contribution in [0.1, 0.15) is 31.9 Å². The van der Waals surface area contributed by atoms with Gasteiger partial charge in [-0.1, -0.05) is 13.0 Å². The molecule has 1 rings (SSSR count). The van der Waals surface area contributed by atoms with Gasteiger partial charge in [-0.2, -0.15) is 5.26 Å². The zero-order chi connectivity index (χ0) is 12.3. The van der Waals surface area contributed by atoms with Crippen molar-refractivity contribution in [3.8, 4) is 6.07 Å². The van der Waals surface area contributed by atoms with Gasteiger partial charge >= 0.3 is 0 Å². The van der Waals surface area contributed by atoms with Crippen LogP contribution in [0.4, 0.5) is 4.39 Å². The van der Waals surface area contributed by atoms with Gasteiger partial charge in [0.15, 0.2) is 0 Å². The summed E-state index contributed by atoms with van der Waals surface area (Å²) < 4.78 is 13.3. The van der Waals surface area contributed by atoms with Crippen LogP contribution in [0.2, 0.25) is 0 Å². The van der Waals surface area contributed by atoms with E-state index in [9.17, 15) is 9.50 Å². The lowest BCUT2D eigenvalue weighted by molar-refractivity contribution is 0.0721. The lowest BCUT2D eigenvalue weighted by Crippen LogP contribution is -2.23. The first-order valence-electron chi connectivity index (χ1n) is 4.99. The number of halogens is 2. The normalized spacial score (nSPS) is 16.2. The number of benzene rings is 1. The molecular formula is C12H13BrFNO. The summed E-state index contributed by atoms with van der Waals surface area (Å²) in [5.74, 6) is -0.383. The van der Waals surface area contributed by atoms with Crippen molar-refractivity contribution in [3.05, 3.63) is 34.1 Å². The maximum atomic E-state index is 13.0. The van der Waals surface area contributed by atoms with Crippen molar-refractivity contribution in [1.29, 1.82) is 5.26 Å². The number of rotatable bonds is 3. The molecular weight excluding hydrogens is 273 g/mol. The Balaban J connectivity index is 3.10. The standard InChI is InChI=1S/C12H13BrFNO/c1-3-12(2,7-15)11(16)8-4-5-10(14)9(13)6-8/h4-6,11,16H,3H2,1-2H3. The molecule has 2 atom stereocenters. The first-order valence-corrected chi connectivity index (χ1v) is 5.78. The summed E-state index contributed by atoms with van der Waals surface area (Å²) in [6.07, 6.45) is -0.390. The molecule has 0 fully saturated rings. The van der Waals surface area contributed by atoms with Gasteiger partial charge in [-0.05, 0) is 47.0 Å². The molecule has 0 heterocycles. The Bertz CT molecular complexity index is 430. The van der Waals surface area contributed by atoms with Gasteiger partial charge in [-0.25, -0.2) is 4.39 Å². The van der Waals surface area contributed by atoms with E-state index in [1.54, 1.807) is 6.92 Å². The van der Waals surface area contributed by atoms with Crippen molar-refractivity contribution in [3.63, 3.8) is 0 Å². The maximum Gasteiger partial charge on any atom is 0.137 e. The van der Waals surface area contributed by atoms with Crippen LogP contribution in [0.25, 0.3) is 0 Å². The molecule has 0 bridgehead atoms. The number of aliphatic hydroxyl groups is 1. The zero-order valence-corrected chi connectivity index (χ0v) is 10.8. The predicted molar refractivity (Wildman–Crippen MR) is 63.1 cm³/mol. The fourth-order valence-corrected chi connectivity index (χ4v) is 1.78. The molecule has 0 radical (unpaired) electrons. The highest BCUT2D eigenvalue weighted by Crippen LogP contribution is 2.37. The molecule has 16 heavy (non-hydrogen) atoms. The van der Waals surface area contributed by atoms with Gasteiger partial charge in [0.05, 0.1) is 22.1 Å². The molecule has 0 amide bonds. The van der Waals surface area contributed by atoms with Crippen LogP contribution in [0.3, 0.4) is 0 Å². The van der Waals surface area contributed by atoms with Crippen molar-refractivity contribution >= 4 is 15.9 Å². The highest BCUT2D eigenvalue weighted by atomic mass is 79.9. The van der Waals surface area contributed by atoms with E-state index < -0.39 is 11.5 Å². The molecule has 0 aliphatic carbocycles. The van der Waals surface area contributed by atoms with Crippen molar-refractivity contribution < 1.29 is 9.50 Å². The fourth-order valence-electron chi connectivity index (χ4n) is 1.38. The largest absolute Gasteiger partial charge is 0.387 e. The Hall–Kier alpha value is -0.920. The van der Waals surface area contributed by atoms with E-state index in [-0.39, 0.29) is 5.82 Å². The molecule has 2 unspecified atom stereocenters. The second-order valence-electron chi connectivity index (χ2n) is 3.96. The van der Waals surface area contributed by atoms with Gasteiger partial charge in [0.25, 0.3) is 0 Å². The quantitative estimate of drug-likeness (QED) is 0.923. The third-order valence-corrected chi connectivity index (χ3v) is 3.46. The van der Waals surface area contributed by atoms with E-state index in [1.807, 2.05) is 6.92 Å². The molecule has 0 aliphatic rings. The van der Waals surface area contributed by atoms with Crippen LogP contribution in [-0.2, 0) is 0 Å². The average molecular weight is 286 g/mol. The number of aliphatic hydroxyl groups excluding tert-OH is 1. The lowest BCUT2D eigenvalue weighted by atomic mass is 9.80. The van der Waals surface area contributed by atoms with Crippen LogP contribution in [0.5, 0.6) is 0 Å². The predicted octanol–water partition coefficient (Wildman–Crippen LogP) is 3.56. The second kappa shape index (κ2) is 4.94. The first kappa shape index (κ1) is 13.1. The summed E-state index contributed by atoms with van der Waals surface area (Å²) in [6.45, 7) is 3.53. The van der Waals surface area contributed by atoms with Crippen LogP contribution in [0, 0.1) is 22.6 Å². The van der Waals surface area contributed by atoms with Crippen LogP contribution in [-0.4, -0.2) is 5.11 Å². The second-order valence-corrected chi connectivity index (χ2v) is 4.81. The highest BCUT2D eigenvalue weighted by Gasteiger charge is 2.32. The fraction of sp³-hybridized carbons (Fsp3) is 0.417. The Morgan fingerprint density at radius 3 is 2.69 bits per heavy atom. The van der Waals surface area contributed by atoms with E-state index in [0.29, 0.717) is 16.5 Å².